The number of unbranched alkanes of at least 4 members (excludes halogenated alkanes) is 2. The second kappa shape index (κ2) is 10.9. The fourth-order valence-corrected chi connectivity index (χ4v) is 2.14. The van der Waals surface area contributed by atoms with Crippen molar-refractivity contribution < 1.29 is 9.53 Å². The molecule has 4 nitrogen and oxygen atoms in total. The summed E-state index contributed by atoms with van der Waals surface area (Å²) in [6.45, 7) is 14.5. The second-order valence-corrected chi connectivity index (χ2v) is 6.82. The van der Waals surface area contributed by atoms with Crippen LogP contribution in [0.5, 0.6) is 0 Å². The number of carbonyl (C=O) groups is 1. The van der Waals surface area contributed by atoms with Gasteiger partial charge in [-0.15, -0.1) is 0 Å². The van der Waals surface area contributed by atoms with Gasteiger partial charge in [0.25, 0.3) is 0 Å². The summed E-state index contributed by atoms with van der Waals surface area (Å²) in [5.41, 5.74) is -0.427. The zero-order valence-electron chi connectivity index (χ0n) is 15.0. The summed E-state index contributed by atoms with van der Waals surface area (Å²) in [6, 6.07) is 0.513. The van der Waals surface area contributed by atoms with Gasteiger partial charge in [-0.3, -0.25) is 0 Å². The molecular formula is C17H36N2O2. The minimum absolute atomic E-state index is 0.204. The smallest absolute Gasteiger partial charge is 0.410 e. The van der Waals surface area contributed by atoms with Crippen molar-refractivity contribution in [2.75, 3.05) is 19.6 Å². The molecule has 0 saturated heterocycles. The molecule has 0 aliphatic heterocycles. The van der Waals surface area contributed by atoms with Crippen molar-refractivity contribution in [3.05, 3.63) is 0 Å². The maximum atomic E-state index is 12.1. The van der Waals surface area contributed by atoms with Crippen molar-refractivity contribution in [1.82, 2.24) is 10.2 Å². The Bertz CT molecular complexity index is 274. The average Bonchev–Trinajstić information content (AvgIpc) is 2.36. The minimum atomic E-state index is -0.427. The van der Waals surface area contributed by atoms with Crippen LogP contribution in [-0.4, -0.2) is 42.3 Å². The lowest BCUT2D eigenvalue weighted by Crippen LogP contribution is -2.42. The third-order valence-electron chi connectivity index (χ3n) is 3.26. The third-order valence-corrected chi connectivity index (χ3v) is 3.26. The molecule has 0 aromatic heterocycles. The molecule has 0 aliphatic carbocycles. The first-order chi connectivity index (χ1) is 9.80. The van der Waals surface area contributed by atoms with Crippen molar-refractivity contribution in [2.24, 2.45) is 0 Å². The molecule has 1 unspecified atom stereocenters. The van der Waals surface area contributed by atoms with Crippen LogP contribution in [-0.2, 0) is 4.74 Å². The Balaban J connectivity index is 4.06. The summed E-state index contributed by atoms with van der Waals surface area (Å²) in [5.74, 6) is 0. The Morgan fingerprint density at radius 3 is 2.33 bits per heavy atom. The largest absolute Gasteiger partial charge is 0.444 e. The minimum Gasteiger partial charge on any atom is -0.444 e. The topological polar surface area (TPSA) is 41.6 Å². The Kier molecular flexibility index (Phi) is 10.5. The lowest BCUT2D eigenvalue weighted by Gasteiger charge is -2.27. The Labute approximate surface area is 131 Å². The summed E-state index contributed by atoms with van der Waals surface area (Å²) >= 11 is 0. The van der Waals surface area contributed by atoms with E-state index >= 15 is 0 Å². The highest BCUT2D eigenvalue weighted by Gasteiger charge is 2.21. The van der Waals surface area contributed by atoms with Gasteiger partial charge in [-0.25, -0.2) is 4.79 Å². The van der Waals surface area contributed by atoms with Crippen molar-refractivity contribution in [1.29, 1.82) is 0 Å². The van der Waals surface area contributed by atoms with Crippen LogP contribution in [0.25, 0.3) is 0 Å². The van der Waals surface area contributed by atoms with Gasteiger partial charge in [0.05, 0.1) is 0 Å². The highest BCUT2D eigenvalue weighted by Crippen LogP contribution is 2.10. The summed E-state index contributed by atoms with van der Waals surface area (Å²) in [6.07, 6.45) is 5.78. The zero-order chi connectivity index (χ0) is 16.3. The van der Waals surface area contributed by atoms with Crippen LogP contribution in [0, 0.1) is 0 Å². The van der Waals surface area contributed by atoms with Crippen LogP contribution in [0.2, 0.25) is 0 Å². The van der Waals surface area contributed by atoms with E-state index in [2.05, 4.69) is 26.1 Å². The molecule has 1 amide bonds. The quantitative estimate of drug-likeness (QED) is 0.615. The normalized spacial score (nSPS) is 13.0. The molecule has 0 heterocycles. The molecule has 4 heteroatoms. The fraction of sp³-hybridized carbons (Fsp3) is 0.941. The Morgan fingerprint density at radius 2 is 1.81 bits per heavy atom. The van der Waals surface area contributed by atoms with Crippen molar-refractivity contribution in [3.63, 3.8) is 0 Å². The van der Waals surface area contributed by atoms with Gasteiger partial charge in [-0.1, -0.05) is 33.1 Å². The van der Waals surface area contributed by atoms with E-state index in [1.165, 1.54) is 25.7 Å². The molecule has 0 saturated carbocycles. The van der Waals surface area contributed by atoms with Gasteiger partial charge in [0.1, 0.15) is 5.60 Å². The molecule has 0 fully saturated rings. The lowest BCUT2D eigenvalue weighted by molar-refractivity contribution is 0.0250. The van der Waals surface area contributed by atoms with E-state index in [4.69, 9.17) is 4.74 Å². The van der Waals surface area contributed by atoms with Crippen molar-refractivity contribution >= 4 is 6.09 Å². The zero-order valence-corrected chi connectivity index (χ0v) is 15.0. The summed E-state index contributed by atoms with van der Waals surface area (Å²) in [5, 5.41) is 3.50. The number of carbonyl (C=O) groups excluding carboxylic acids is 1. The molecule has 0 spiro atoms. The van der Waals surface area contributed by atoms with Crippen LogP contribution < -0.4 is 5.32 Å². The van der Waals surface area contributed by atoms with E-state index in [1.54, 1.807) is 4.90 Å². The first-order valence-electron chi connectivity index (χ1n) is 8.51. The molecule has 1 N–H and O–H groups in total. The first-order valence-corrected chi connectivity index (χ1v) is 8.51. The van der Waals surface area contributed by atoms with E-state index in [1.807, 2.05) is 20.8 Å². The molecule has 0 aromatic carbocycles. The highest BCUT2D eigenvalue weighted by atomic mass is 16.6. The molecule has 21 heavy (non-hydrogen) atoms. The summed E-state index contributed by atoms with van der Waals surface area (Å²) < 4.78 is 5.45. The van der Waals surface area contributed by atoms with Crippen LogP contribution in [0.1, 0.15) is 73.6 Å². The molecule has 126 valence electrons. The number of rotatable bonds is 10. The second-order valence-electron chi connectivity index (χ2n) is 6.82. The maximum absolute atomic E-state index is 12.1. The monoisotopic (exact) mass is 300 g/mol. The van der Waals surface area contributed by atoms with E-state index in [0.29, 0.717) is 12.6 Å². The standard InChI is InChI=1S/C17H36N2O2/c1-7-9-10-11-15(3)18-12-14-19(13-8-2)16(20)21-17(4,5)6/h15,18H,7-14H2,1-6H3. The van der Waals surface area contributed by atoms with Crippen LogP contribution in [0.3, 0.4) is 0 Å². The SMILES string of the molecule is CCCCCC(C)NCCN(CCC)C(=O)OC(C)(C)C. The van der Waals surface area contributed by atoms with E-state index < -0.39 is 5.60 Å². The lowest BCUT2D eigenvalue weighted by atomic mass is 10.1. The predicted octanol–water partition coefficient (Wildman–Crippen LogP) is 4.19. The number of amides is 1. The number of hydrogen-bond acceptors (Lipinski definition) is 3. The Morgan fingerprint density at radius 1 is 1.14 bits per heavy atom. The van der Waals surface area contributed by atoms with E-state index in [-0.39, 0.29) is 6.09 Å². The molecule has 0 bridgehead atoms. The summed E-state index contributed by atoms with van der Waals surface area (Å²) in [4.78, 5) is 13.9. The molecule has 0 rings (SSSR count). The summed E-state index contributed by atoms with van der Waals surface area (Å²) in [7, 11) is 0. The van der Waals surface area contributed by atoms with E-state index in [0.717, 1.165) is 19.5 Å². The number of hydrogen-bond donors (Lipinski definition) is 1. The molecule has 1 atom stereocenters. The van der Waals surface area contributed by atoms with Gasteiger partial charge < -0.3 is 15.0 Å². The van der Waals surface area contributed by atoms with Crippen LogP contribution >= 0.6 is 0 Å². The van der Waals surface area contributed by atoms with Gasteiger partial charge in [-0.2, -0.15) is 0 Å². The van der Waals surface area contributed by atoms with Gasteiger partial charge in [-0.05, 0) is 40.5 Å². The van der Waals surface area contributed by atoms with Crippen LogP contribution in [0.15, 0.2) is 0 Å². The molecule has 0 radical (unpaired) electrons. The predicted molar refractivity (Wildman–Crippen MR) is 89.7 cm³/mol. The van der Waals surface area contributed by atoms with Crippen molar-refractivity contribution in [3.8, 4) is 0 Å². The Hall–Kier alpha value is -0.770. The number of ether oxygens (including phenoxy) is 1. The maximum Gasteiger partial charge on any atom is 0.410 e. The van der Waals surface area contributed by atoms with Crippen molar-refractivity contribution in [2.45, 2.75) is 85.3 Å². The average molecular weight is 300 g/mol. The molecule has 0 aromatic rings. The fourth-order valence-electron chi connectivity index (χ4n) is 2.14. The van der Waals surface area contributed by atoms with Gasteiger partial charge in [0.15, 0.2) is 0 Å². The van der Waals surface area contributed by atoms with Gasteiger partial charge in [0.2, 0.25) is 0 Å². The number of nitrogens with zero attached hydrogens (tertiary/aromatic N) is 1. The van der Waals surface area contributed by atoms with Crippen LogP contribution in [0.4, 0.5) is 4.79 Å². The van der Waals surface area contributed by atoms with Gasteiger partial charge in [0, 0.05) is 25.7 Å². The highest BCUT2D eigenvalue weighted by molar-refractivity contribution is 5.68. The molecular weight excluding hydrogens is 264 g/mol. The van der Waals surface area contributed by atoms with Gasteiger partial charge >= 0.3 is 6.09 Å². The first kappa shape index (κ1) is 20.2. The van der Waals surface area contributed by atoms with E-state index in [9.17, 15) is 4.79 Å². The molecule has 0 aliphatic rings. The third kappa shape index (κ3) is 11.6. The number of nitrogens with one attached hydrogen (secondary N) is 1.